The van der Waals surface area contributed by atoms with E-state index in [9.17, 15) is 14.0 Å². The van der Waals surface area contributed by atoms with Crippen molar-refractivity contribution in [2.45, 2.75) is 31.7 Å². The third-order valence-electron chi connectivity index (χ3n) is 3.96. The van der Waals surface area contributed by atoms with Crippen LogP contribution < -0.4 is 11.1 Å². The van der Waals surface area contributed by atoms with Gasteiger partial charge in [-0.25, -0.2) is 4.39 Å². The molecule has 1 atom stereocenters. The van der Waals surface area contributed by atoms with Gasteiger partial charge in [-0.3, -0.25) is 9.59 Å². The number of hydrogen-bond donors (Lipinski definition) is 2. The summed E-state index contributed by atoms with van der Waals surface area (Å²) in [6, 6.07) is 4.31. The molecule has 0 aliphatic carbocycles. The monoisotopic (exact) mass is 421 g/mol. The fourth-order valence-corrected chi connectivity index (χ4v) is 2.97. The zero-order chi connectivity index (χ0) is 16.8. The number of hydrogen-bond acceptors (Lipinski definition) is 3. The van der Waals surface area contributed by atoms with Gasteiger partial charge in [0.2, 0.25) is 5.91 Å². The molecule has 1 aromatic rings. The van der Waals surface area contributed by atoms with Gasteiger partial charge >= 0.3 is 0 Å². The zero-order valence-corrected chi connectivity index (χ0v) is 15.7. The molecule has 1 saturated heterocycles. The minimum atomic E-state index is -0.458. The smallest absolute Gasteiger partial charge is 0.254 e. The Hall–Kier alpha value is -1.18. The van der Waals surface area contributed by atoms with Crippen LogP contribution in [0, 0.1) is 5.82 Å². The van der Waals surface area contributed by atoms with Gasteiger partial charge in [-0.15, -0.1) is 12.4 Å². The second-order valence-electron chi connectivity index (χ2n) is 5.62. The first kappa shape index (κ1) is 20.9. The van der Waals surface area contributed by atoms with Crippen LogP contribution in [0.5, 0.6) is 0 Å². The molecule has 1 fully saturated rings. The Bertz CT molecular complexity index is 588. The summed E-state index contributed by atoms with van der Waals surface area (Å²) in [5, 5.41) is 2.82. The summed E-state index contributed by atoms with van der Waals surface area (Å²) in [6.45, 7) is 1.33. The molecule has 1 heterocycles. The summed E-state index contributed by atoms with van der Waals surface area (Å²) >= 11 is 3.08. The van der Waals surface area contributed by atoms with E-state index in [0.29, 0.717) is 29.7 Å². The topological polar surface area (TPSA) is 75.4 Å². The molecule has 1 aliphatic rings. The van der Waals surface area contributed by atoms with Crippen molar-refractivity contribution >= 4 is 40.2 Å². The Morgan fingerprint density at radius 2 is 2.12 bits per heavy atom. The molecule has 0 aromatic heterocycles. The molecule has 2 rings (SSSR count). The normalized spacial score (nSPS) is 17.1. The van der Waals surface area contributed by atoms with Crippen LogP contribution >= 0.6 is 28.3 Å². The zero-order valence-electron chi connectivity index (χ0n) is 13.3. The number of halogens is 3. The molecule has 0 spiro atoms. The molecular formula is C16H22BrClFN3O2. The molecule has 2 amide bonds. The number of amides is 2. The summed E-state index contributed by atoms with van der Waals surface area (Å²) in [6.07, 6.45) is 3.03. The molecule has 1 unspecified atom stereocenters. The number of nitrogens with one attached hydrogen (secondary N) is 1. The molecule has 1 aromatic carbocycles. The number of nitrogens with two attached hydrogens (primary N) is 1. The number of carbonyl (C=O) groups excluding carboxylic acids is 2. The van der Waals surface area contributed by atoms with Gasteiger partial charge in [-0.05, 0) is 53.4 Å². The largest absolute Gasteiger partial charge is 0.354 e. The Labute approximate surface area is 155 Å². The fraction of sp³-hybridized carbons (Fsp3) is 0.500. The predicted molar refractivity (Wildman–Crippen MR) is 96.7 cm³/mol. The minimum absolute atomic E-state index is 0. The molecular weight excluding hydrogens is 401 g/mol. The van der Waals surface area contributed by atoms with Gasteiger partial charge in [0.05, 0.1) is 4.47 Å². The maximum Gasteiger partial charge on any atom is 0.254 e. The Morgan fingerprint density at radius 1 is 1.38 bits per heavy atom. The van der Waals surface area contributed by atoms with Gasteiger partial charge in [0, 0.05) is 37.7 Å². The van der Waals surface area contributed by atoms with Crippen molar-refractivity contribution < 1.29 is 14.0 Å². The lowest BCUT2D eigenvalue weighted by Crippen LogP contribution is -2.49. The third-order valence-corrected chi connectivity index (χ3v) is 4.60. The van der Waals surface area contributed by atoms with Crippen LogP contribution in [0.1, 0.15) is 36.0 Å². The maximum atomic E-state index is 13.7. The Morgan fingerprint density at radius 3 is 2.79 bits per heavy atom. The average Bonchev–Trinajstić information content (AvgIpc) is 2.55. The highest BCUT2D eigenvalue weighted by Gasteiger charge is 2.28. The van der Waals surface area contributed by atoms with E-state index in [2.05, 4.69) is 21.2 Å². The molecule has 0 radical (unpaired) electrons. The first-order valence-electron chi connectivity index (χ1n) is 7.75. The standard InChI is InChI=1S/C16H21BrFN3O2.ClH/c17-13-5-4-11(9-14(13)18)16(23)21-8-2-1-3-12(21)10-20-15(22)6-7-19;/h4-5,9,12H,1-3,6-8,10,19H2,(H,20,22);1H. The molecule has 8 heteroatoms. The SMILES string of the molecule is Cl.NCCC(=O)NCC1CCCCN1C(=O)c1ccc(Br)c(F)c1. The van der Waals surface area contributed by atoms with Crippen LogP contribution in [0.15, 0.2) is 22.7 Å². The van der Waals surface area contributed by atoms with Crippen molar-refractivity contribution in [3.63, 3.8) is 0 Å². The van der Waals surface area contributed by atoms with Crippen LogP contribution in [0.3, 0.4) is 0 Å². The lowest BCUT2D eigenvalue weighted by molar-refractivity contribution is -0.121. The summed E-state index contributed by atoms with van der Waals surface area (Å²) in [4.78, 5) is 26.0. The lowest BCUT2D eigenvalue weighted by Gasteiger charge is -2.36. The van der Waals surface area contributed by atoms with Crippen molar-refractivity contribution in [1.82, 2.24) is 10.2 Å². The lowest BCUT2D eigenvalue weighted by atomic mass is 10.0. The van der Waals surface area contributed by atoms with E-state index < -0.39 is 5.82 Å². The van der Waals surface area contributed by atoms with E-state index in [1.807, 2.05) is 0 Å². The number of rotatable bonds is 5. The van der Waals surface area contributed by atoms with E-state index in [0.717, 1.165) is 19.3 Å². The van der Waals surface area contributed by atoms with Gasteiger partial charge in [-0.1, -0.05) is 0 Å². The van der Waals surface area contributed by atoms with Crippen LogP contribution in [0.4, 0.5) is 4.39 Å². The van der Waals surface area contributed by atoms with Gasteiger partial charge in [0.15, 0.2) is 0 Å². The number of piperidine rings is 1. The summed E-state index contributed by atoms with van der Waals surface area (Å²) < 4.78 is 14.0. The third kappa shape index (κ3) is 5.43. The van der Waals surface area contributed by atoms with Crippen molar-refractivity contribution in [3.05, 3.63) is 34.1 Å². The van der Waals surface area contributed by atoms with E-state index in [4.69, 9.17) is 5.73 Å². The van der Waals surface area contributed by atoms with E-state index in [-0.39, 0.29) is 36.7 Å². The number of likely N-dealkylation sites (tertiary alicyclic amines) is 1. The number of carbonyl (C=O) groups is 2. The van der Waals surface area contributed by atoms with Crippen LogP contribution in [-0.2, 0) is 4.79 Å². The molecule has 0 bridgehead atoms. The maximum absolute atomic E-state index is 13.7. The van der Waals surface area contributed by atoms with Gasteiger partial charge in [-0.2, -0.15) is 0 Å². The van der Waals surface area contributed by atoms with Gasteiger partial charge in [0.25, 0.3) is 5.91 Å². The minimum Gasteiger partial charge on any atom is -0.354 e. The van der Waals surface area contributed by atoms with E-state index in [1.165, 1.54) is 12.1 Å². The Kier molecular flexibility index (Phi) is 8.66. The van der Waals surface area contributed by atoms with Crippen molar-refractivity contribution in [3.8, 4) is 0 Å². The molecule has 134 valence electrons. The van der Waals surface area contributed by atoms with Crippen molar-refractivity contribution in [2.24, 2.45) is 5.73 Å². The molecule has 5 nitrogen and oxygen atoms in total. The predicted octanol–water partition coefficient (Wildman–Crippen LogP) is 2.47. The average molecular weight is 423 g/mol. The highest BCUT2D eigenvalue weighted by atomic mass is 79.9. The van der Waals surface area contributed by atoms with Crippen molar-refractivity contribution in [1.29, 1.82) is 0 Å². The van der Waals surface area contributed by atoms with E-state index in [1.54, 1.807) is 11.0 Å². The second kappa shape index (κ2) is 9.96. The quantitative estimate of drug-likeness (QED) is 0.765. The highest BCUT2D eigenvalue weighted by molar-refractivity contribution is 9.10. The molecule has 1 aliphatic heterocycles. The van der Waals surface area contributed by atoms with Crippen LogP contribution in [0.2, 0.25) is 0 Å². The van der Waals surface area contributed by atoms with Gasteiger partial charge in [0.1, 0.15) is 5.82 Å². The van der Waals surface area contributed by atoms with Crippen LogP contribution in [-0.4, -0.2) is 42.4 Å². The number of nitrogens with zero attached hydrogens (tertiary/aromatic N) is 1. The molecule has 24 heavy (non-hydrogen) atoms. The Balaban J connectivity index is 0.00000288. The summed E-state index contributed by atoms with van der Waals surface area (Å²) in [5.74, 6) is -0.769. The summed E-state index contributed by atoms with van der Waals surface area (Å²) in [5.41, 5.74) is 5.68. The highest BCUT2D eigenvalue weighted by Crippen LogP contribution is 2.22. The number of benzene rings is 1. The van der Waals surface area contributed by atoms with Gasteiger partial charge < -0.3 is 16.0 Å². The van der Waals surface area contributed by atoms with Crippen molar-refractivity contribution in [2.75, 3.05) is 19.6 Å². The fourth-order valence-electron chi connectivity index (χ4n) is 2.73. The molecule has 3 N–H and O–H groups in total. The second-order valence-corrected chi connectivity index (χ2v) is 6.47. The van der Waals surface area contributed by atoms with E-state index >= 15 is 0 Å². The first-order valence-corrected chi connectivity index (χ1v) is 8.55. The van der Waals surface area contributed by atoms with Crippen LogP contribution in [0.25, 0.3) is 0 Å². The molecule has 0 saturated carbocycles. The first-order chi connectivity index (χ1) is 11.0. The summed E-state index contributed by atoms with van der Waals surface area (Å²) in [7, 11) is 0.